The van der Waals surface area contributed by atoms with E-state index < -0.39 is 6.03 Å². The highest BCUT2D eigenvalue weighted by molar-refractivity contribution is 5.72. The van der Waals surface area contributed by atoms with E-state index in [1.54, 1.807) is 6.92 Å². The minimum absolute atomic E-state index is 0.305. The number of carbonyl (C=O) groups excluding carboxylic acids is 1. The Kier molecular flexibility index (Phi) is 6.04. The third-order valence-electron chi connectivity index (χ3n) is 0.832. The van der Waals surface area contributed by atoms with Crippen molar-refractivity contribution in [2.24, 2.45) is 0 Å². The molecule has 2 amide bonds. The highest BCUT2D eigenvalue weighted by Gasteiger charge is 1.95. The molecule has 0 heterocycles. The van der Waals surface area contributed by atoms with Gasteiger partial charge in [0.25, 0.3) is 0 Å². The Balaban J connectivity index is 3.17. The monoisotopic (exact) mass is 157 g/mol. The number of hydroxylamine groups is 1. The van der Waals surface area contributed by atoms with Gasteiger partial charge in [-0.1, -0.05) is 0 Å². The maximum atomic E-state index is 10.6. The van der Waals surface area contributed by atoms with Crippen LogP contribution in [0.4, 0.5) is 4.79 Å². The van der Waals surface area contributed by atoms with Gasteiger partial charge in [-0.2, -0.15) is 5.26 Å². The van der Waals surface area contributed by atoms with Gasteiger partial charge in [-0.3, -0.25) is 4.84 Å². The molecule has 0 aromatic carbocycles. The lowest BCUT2D eigenvalue weighted by Crippen LogP contribution is -2.35. The average Bonchev–Trinajstić information content (AvgIpc) is 2.01. The summed E-state index contributed by atoms with van der Waals surface area (Å²) in [6.07, 6.45) is 0.305. The van der Waals surface area contributed by atoms with Crippen molar-refractivity contribution in [3.63, 3.8) is 0 Å². The summed E-state index contributed by atoms with van der Waals surface area (Å²) in [4.78, 5) is 15.2. The molecule has 0 bridgehead atoms. The fraction of sp³-hybridized carbons (Fsp3) is 0.667. The summed E-state index contributed by atoms with van der Waals surface area (Å²) in [5.74, 6) is 0. The van der Waals surface area contributed by atoms with Crippen LogP contribution >= 0.6 is 0 Å². The van der Waals surface area contributed by atoms with Crippen molar-refractivity contribution in [2.45, 2.75) is 13.3 Å². The van der Waals surface area contributed by atoms with Crippen molar-refractivity contribution in [1.29, 1.82) is 5.26 Å². The Hall–Kier alpha value is -1.28. The fourth-order valence-electron chi connectivity index (χ4n) is 0.406. The Labute approximate surface area is 65.3 Å². The van der Waals surface area contributed by atoms with Crippen LogP contribution in [0.3, 0.4) is 0 Å². The molecule has 0 aliphatic rings. The van der Waals surface area contributed by atoms with Crippen molar-refractivity contribution < 1.29 is 9.63 Å². The molecule has 0 aromatic heterocycles. The standard InChI is InChI=1S/C6H11N3O2/c1-2-11-9-6(10)8-5-3-4-7/h2-3,5H2,1H3,(H2,8,9,10). The molecule has 0 aromatic rings. The van der Waals surface area contributed by atoms with Crippen LogP contribution in [0.15, 0.2) is 0 Å². The van der Waals surface area contributed by atoms with Crippen molar-refractivity contribution >= 4 is 6.03 Å². The number of nitrogens with one attached hydrogen (secondary N) is 2. The van der Waals surface area contributed by atoms with E-state index in [-0.39, 0.29) is 0 Å². The van der Waals surface area contributed by atoms with Crippen LogP contribution in [0, 0.1) is 11.3 Å². The van der Waals surface area contributed by atoms with E-state index in [2.05, 4.69) is 15.6 Å². The van der Waals surface area contributed by atoms with Crippen molar-refractivity contribution in [2.75, 3.05) is 13.2 Å². The van der Waals surface area contributed by atoms with Gasteiger partial charge < -0.3 is 5.32 Å². The summed E-state index contributed by atoms with van der Waals surface area (Å²) in [6, 6.07) is 1.48. The van der Waals surface area contributed by atoms with E-state index in [0.717, 1.165) is 0 Å². The molecule has 0 saturated carbocycles. The predicted molar refractivity (Wildman–Crippen MR) is 38.4 cm³/mol. The first-order valence-electron chi connectivity index (χ1n) is 3.33. The Morgan fingerprint density at radius 2 is 2.45 bits per heavy atom. The van der Waals surface area contributed by atoms with Crippen molar-refractivity contribution in [1.82, 2.24) is 10.8 Å². The van der Waals surface area contributed by atoms with Crippen LogP contribution in [0.2, 0.25) is 0 Å². The minimum atomic E-state index is -0.415. The number of carbonyl (C=O) groups is 1. The minimum Gasteiger partial charge on any atom is -0.335 e. The van der Waals surface area contributed by atoms with Gasteiger partial charge in [-0.25, -0.2) is 10.3 Å². The first-order valence-corrected chi connectivity index (χ1v) is 3.33. The second-order valence-electron chi connectivity index (χ2n) is 1.70. The van der Waals surface area contributed by atoms with Crippen LogP contribution in [0.25, 0.3) is 0 Å². The first kappa shape index (κ1) is 9.72. The van der Waals surface area contributed by atoms with Gasteiger partial charge in [-0.15, -0.1) is 0 Å². The second kappa shape index (κ2) is 6.83. The maximum Gasteiger partial charge on any atom is 0.338 e. The van der Waals surface area contributed by atoms with Gasteiger partial charge in [-0.05, 0) is 6.92 Å². The van der Waals surface area contributed by atoms with E-state index in [9.17, 15) is 4.79 Å². The van der Waals surface area contributed by atoms with Crippen LogP contribution < -0.4 is 10.8 Å². The Morgan fingerprint density at radius 3 is 3.00 bits per heavy atom. The lowest BCUT2D eigenvalue weighted by atomic mass is 10.5. The van der Waals surface area contributed by atoms with Gasteiger partial charge in [0.15, 0.2) is 0 Å². The molecule has 0 radical (unpaired) electrons. The summed E-state index contributed by atoms with van der Waals surface area (Å²) >= 11 is 0. The lowest BCUT2D eigenvalue weighted by Gasteiger charge is -2.03. The zero-order valence-corrected chi connectivity index (χ0v) is 6.39. The average molecular weight is 157 g/mol. The zero-order valence-electron chi connectivity index (χ0n) is 6.39. The molecular formula is C6H11N3O2. The molecule has 0 saturated heterocycles. The smallest absolute Gasteiger partial charge is 0.335 e. The van der Waals surface area contributed by atoms with Gasteiger partial charge in [0, 0.05) is 6.54 Å². The second-order valence-corrected chi connectivity index (χ2v) is 1.70. The third-order valence-corrected chi connectivity index (χ3v) is 0.832. The topological polar surface area (TPSA) is 74.2 Å². The number of nitriles is 1. The van der Waals surface area contributed by atoms with E-state index in [4.69, 9.17) is 5.26 Å². The van der Waals surface area contributed by atoms with Crippen LogP contribution in [-0.4, -0.2) is 19.2 Å². The molecule has 0 atom stereocenters. The summed E-state index contributed by atoms with van der Waals surface area (Å²) in [6.45, 7) is 2.52. The summed E-state index contributed by atoms with van der Waals surface area (Å²) in [5.41, 5.74) is 2.13. The molecule has 0 aliphatic heterocycles. The third kappa shape index (κ3) is 6.61. The molecule has 62 valence electrons. The number of nitrogens with zero attached hydrogens (tertiary/aromatic N) is 1. The Morgan fingerprint density at radius 1 is 1.73 bits per heavy atom. The number of hydrogen-bond acceptors (Lipinski definition) is 3. The zero-order chi connectivity index (χ0) is 8.53. The number of hydrogen-bond donors (Lipinski definition) is 2. The molecule has 5 nitrogen and oxygen atoms in total. The van der Waals surface area contributed by atoms with E-state index in [1.165, 1.54) is 0 Å². The van der Waals surface area contributed by atoms with Gasteiger partial charge in [0.2, 0.25) is 0 Å². The number of amides is 2. The van der Waals surface area contributed by atoms with Crippen LogP contribution in [0.5, 0.6) is 0 Å². The summed E-state index contributed by atoms with van der Waals surface area (Å²) in [5, 5.41) is 10.5. The van der Waals surface area contributed by atoms with Gasteiger partial charge >= 0.3 is 6.03 Å². The Bertz CT molecular complexity index is 152. The quantitative estimate of drug-likeness (QED) is 0.450. The molecule has 11 heavy (non-hydrogen) atoms. The number of urea groups is 1. The number of rotatable bonds is 4. The van der Waals surface area contributed by atoms with E-state index >= 15 is 0 Å². The largest absolute Gasteiger partial charge is 0.338 e. The molecule has 0 unspecified atom stereocenters. The SMILES string of the molecule is CCONC(=O)NCCC#N. The van der Waals surface area contributed by atoms with E-state index in [0.29, 0.717) is 19.6 Å². The van der Waals surface area contributed by atoms with Crippen LogP contribution in [-0.2, 0) is 4.84 Å². The summed E-state index contributed by atoms with van der Waals surface area (Å²) < 4.78 is 0. The molecule has 5 heteroatoms. The van der Waals surface area contributed by atoms with Crippen molar-refractivity contribution in [3.05, 3.63) is 0 Å². The van der Waals surface area contributed by atoms with E-state index in [1.807, 2.05) is 6.07 Å². The molecule has 0 fully saturated rings. The predicted octanol–water partition coefficient (Wildman–Crippen LogP) is 0.151. The highest BCUT2D eigenvalue weighted by Crippen LogP contribution is 1.71. The first-order chi connectivity index (χ1) is 5.31. The van der Waals surface area contributed by atoms with Crippen molar-refractivity contribution in [3.8, 4) is 6.07 Å². The van der Waals surface area contributed by atoms with Gasteiger partial charge in [0.1, 0.15) is 0 Å². The molecule has 2 N–H and O–H groups in total. The fourth-order valence-corrected chi connectivity index (χ4v) is 0.406. The molecule has 0 spiro atoms. The summed E-state index contributed by atoms with van der Waals surface area (Å²) in [7, 11) is 0. The molecule has 0 aliphatic carbocycles. The highest BCUT2D eigenvalue weighted by atomic mass is 16.7. The lowest BCUT2D eigenvalue weighted by molar-refractivity contribution is 0.0708. The molecular weight excluding hydrogens is 146 g/mol. The molecule has 0 rings (SSSR count). The van der Waals surface area contributed by atoms with Crippen LogP contribution in [0.1, 0.15) is 13.3 Å². The maximum absolute atomic E-state index is 10.6. The normalized spacial score (nSPS) is 8.36. The van der Waals surface area contributed by atoms with Gasteiger partial charge in [0.05, 0.1) is 19.1 Å².